The Morgan fingerprint density at radius 3 is 2.62 bits per heavy atom. The van der Waals surface area contributed by atoms with E-state index >= 15 is 0 Å². The van der Waals surface area contributed by atoms with Gasteiger partial charge in [0, 0.05) is 68.9 Å². The summed E-state index contributed by atoms with van der Waals surface area (Å²) in [5.41, 5.74) is 3.73. The molecular weight excluding hydrogens is 428 g/mol. The molecule has 1 saturated heterocycles. The predicted molar refractivity (Wildman–Crippen MR) is 121 cm³/mol. The number of piperazine rings is 1. The minimum Gasteiger partial charge on any atom is -0.492 e. The summed E-state index contributed by atoms with van der Waals surface area (Å²) in [4.78, 5) is 36.2. The van der Waals surface area contributed by atoms with E-state index in [1.807, 2.05) is 24.4 Å². The van der Waals surface area contributed by atoms with E-state index in [4.69, 9.17) is 9.72 Å². The second-order valence-corrected chi connectivity index (χ2v) is 9.13. The third-order valence-electron chi connectivity index (χ3n) is 5.76. The molecule has 32 heavy (non-hydrogen) atoms. The lowest BCUT2D eigenvalue weighted by atomic mass is 10.0. The fourth-order valence-electron chi connectivity index (χ4n) is 4.02. The second-order valence-electron chi connectivity index (χ2n) is 8.04. The Balaban J connectivity index is 1.37. The van der Waals surface area contributed by atoms with Crippen molar-refractivity contribution in [2.45, 2.75) is 6.42 Å². The number of H-pyrrole nitrogens is 1. The van der Waals surface area contributed by atoms with E-state index in [0.29, 0.717) is 44.2 Å². The molecule has 2 aliphatic rings. The van der Waals surface area contributed by atoms with Gasteiger partial charge in [-0.3, -0.25) is 9.89 Å². The standard InChI is InChI=1S/C22H24N6O3S/c1-26(2)22(30)28-8-6-27(7-9-28)21(29)20-25-19-16-4-3-14(15-12-23-24-13-15)11-17(16)31-10-5-18(19)32-20/h3-4,11-13H,5-10H2,1-2H3,(H,23,24). The van der Waals surface area contributed by atoms with Crippen LogP contribution in [0.5, 0.6) is 5.75 Å². The fourth-order valence-corrected chi connectivity index (χ4v) is 5.05. The summed E-state index contributed by atoms with van der Waals surface area (Å²) < 4.78 is 6.00. The summed E-state index contributed by atoms with van der Waals surface area (Å²) >= 11 is 1.44. The molecule has 0 spiro atoms. The molecule has 0 radical (unpaired) electrons. The first-order valence-electron chi connectivity index (χ1n) is 10.5. The molecule has 0 atom stereocenters. The van der Waals surface area contributed by atoms with Crippen molar-refractivity contribution in [1.82, 2.24) is 29.9 Å². The van der Waals surface area contributed by atoms with Gasteiger partial charge in [0.25, 0.3) is 5.91 Å². The fraction of sp³-hybridized carbons (Fsp3) is 0.364. The molecule has 3 amide bonds. The van der Waals surface area contributed by atoms with Crippen molar-refractivity contribution >= 4 is 23.3 Å². The zero-order valence-corrected chi connectivity index (χ0v) is 18.8. The van der Waals surface area contributed by atoms with E-state index in [1.54, 1.807) is 35.0 Å². The van der Waals surface area contributed by atoms with Crippen LogP contribution in [0.15, 0.2) is 30.6 Å². The molecule has 1 fully saturated rings. The number of hydrogen-bond donors (Lipinski definition) is 1. The normalized spacial score (nSPS) is 15.4. The number of nitrogens with zero attached hydrogens (tertiary/aromatic N) is 5. The van der Waals surface area contributed by atoms with Crippen LogP contribution in [0.4, 0.5) is 4.79 Å². The molecule has 2 aliphatic heterocycles. The highest BCUT2D eigenvalue weighted by molar-refractivity contribution is 7.14. The number of carbonyl (C=O) groups is 2. The maximum atomic E-state index is 13.2. The van der Waals surface area contributed by atoms with Crippen LogP contribution < -0.4 is 4.74 Å². The smallest absolute Gasteiger partial charge is 0.319 e. The second kappa shape index (κ2) is 8.27. The Morgan fingerprint density at radius 1 is 1.12 bits per heavy atom. The van der Waals surface area contributed by atoms with Gasteiger partial charge in [0.2, 0.25) is 0 Å². The monoisotopic (exact) mass is 452 g/mol. The number of carbonyl (C=O) groups excluding carboxylic acids is 2. The average Bonchev–Trinajstić information content (AvgIpc) is 3.46. The zero-order chi connectivity index (χ0) is 22.2. The van der Waals surface area contributed by atoms with Gasteiger partial charge >= 0.3 is 6.03 Å². The van der Waals surface area contributed by atoms with Gasteiger partial charge in [-0.1, -0.05) is 6.07 Å². The van der Waals surface area contributed by atoms with Crippen LogP contribution in [-0.4, -0.2) is 88.7 Å². The molecule has 0 bridgehead atoms. The number of hydrogen-bond acceptors (Lipinski definition) is 6. The first kappa shape index (κ1) is 20.5. The third-order valence-corrected chi connectivity index (χ3v) is 6.86. The number of benzene rings is 1. The molecule has 1 N–H and O–H groups in total. The van der Waals surface area contributed by atoms with Gasteiger partial charge in [-0.25, -0.2) is 9.78 Å². The molecule has 1 aromatic carbocycles. The lowest BCUT2D eigenvalue weighted by Crippen LogP contribution is -2.52. The van der Waals surface area contributed by atoms with Crippen LogP contribution in [0.25, 0.3) is 22.4 Å². The summed E-state index contributed by atoms with van der Waals surface area (Å²) in [6.07, 6.45) is 4.33. The molecule has 9 nitrogen and oxygen atoms in total. The highest BCUT2D eigenvalue weighted by Gasteiger charge is 2.29. The lowest BCUT2D eigenvalue weighted by molar-refractivity contribution is 0.0650. The van der Waals surface area contributed by atoms with Gasteiger partial charge in [-0.15, -0.1) is 11.3 Å². The highest BCUT2D eigenvalue weighted by atomic mass is 32.1. The van der Waals surface area contributed by atoms with Crippen molar-refractivity contribution in [1.29, 1.82) is 0 Å². The Bertz CT molecular complexity index is 1150. The van der Waals surface area contributed by atoms with Gasteiger partial charge < -0.3 is 19.4 Å². The number of aromatic nitrogens is 3. The van der Waals surface area contributed by atoms with Crippen LogP contribution in [0.3, 0.4) is 0 Å². The molecule has 4 heterocycles. The van der Waals surface area contributed by atoms with Gasteiger partial charge in [-0.05, 0) is 17.7 Å². The van der Waals surface area contributed by atoms with Crippen LogP contribution in [-0.2, 0) is 6.42 Å². The zero-order valence-electron chi connectivity index (χ0n) is 18.0. The molecule has 5 rings (SSSR count). The van der Waals surface area contributed by atoms with E-state index < -0.39 is 0 Å². The summed E-state index contributed by atoms with van der Waals surface area (Å²) in [7, 11) is 3.48. The van der Waals surface area contributed by atoms with Crippen molar-refractivity contribution in [3.05, 3.63) is 40.5 Å². The summed E-state index contributed by atoms with van der Waals surface area (Å²) in [6.45, 7) is 2.62. The Morgan fingerprint density at radius 2 is 1.91 bits per heavy atom. The third kappa shape index (κ3) is 3.70. The maximum Gasteiger partial charge on any atom is 0.319 e. The molecular formula is C22H24N6O3S. The quantitative estimate of drug-likeness (QED) is 0.645. The largest absolute Gasteiger partial charge is 0.492 e. The number of rotatable bonds is 2. The number of thiazole rings is 1. The minimum absolute atomic E-state index is 0.0236. The topological polar surface area (TPSA) is 94.7 Å². The molecule has 0 aliphatic carbocycles. The van der Waals surface area contributed by atoms with Crippen LogP contribution in [0.2, 0.25) is 0 Å². The number of amides is 3. The summed E-state index contributed by atoms with van der Waals surface area (Å²) in [5.74, 6) is 0.695. The molecule has 0 unspecified atom stereocenters. The predicted octanol–water partition coefficient (Wildman–Crippen LogP) is 2.57. The first-order valence-corrected chi connectivity index (χ1v) is 11.3. The number of aromatic amines is 1. The molecule has 3 aromatic rings. The van der Waals surface area contributed by atoms with Gasteiger partial charge in [-0.2, -0.15) is 5.10 Å². The Kier molecular flexibility index (Phi) is 5.30. The number of nitrogens with one attached hydrogen (secondary N) is 1. The van der Waals surface area contributed by atoms with Crippen molar-refractivity contribution in [3.63, 3.8) is 0 Å². The van der Waals surface area contributed by atoms with Crippen LogP contribution in [0, 0.1) is 0 Å². The summed E-state index contributed by atoms with van der Waals surface area (Å²) in [5, 5.41) is 7.34. The van der Waals surface area contributed by atoms with Crippen molar-refractivity contribution < 1.29 is 14.3 Å². The number of urea groups is 1. The van der Waals surface area contributed by atoms with Crippen molar-refractivity contribution in [3.8, 4) is 28.1 Å². The van der Waals surface area contributed by atoms with Gasteiger partial charge in [0.15, 0.2) is 5.01 Å². The highest BCUT2D eigenvalue weighted by Crippen LogP contribution is 2.39. The van der Waals surface area contributed by atoms with Crippen molar-refractivity contribution in [2.24, 2.45) is 0 Å². The van der Waals surface area contributed by atoms with Crippen molar-refractivity contribution in [2.75, 3.05) is 46.9 Å². The lowest BCUT2D eigenvalue weighted by Gasteiger charge is -2.35. The average molecular weight is 453 g/mol. The first-order chi connectivity index (χ1) is 15.5. The Labute approximate surface area is 189 Å². The van der Waals surface area contributed by atoms with E-state index in [2.05, 4.69) is 10.2 Å². The van der Waals surface area contributed by atoms with Gasteiger partial charge in [0.1, 0.15) is 5.75 Å². The minimum atomic E-state index is -0.0717. The summed E-state index contributed by atoms with van der Waals surface area (Å²) in [6, 6.07) is 5.99. The van der Waals surface area contributed by atoms with E-state index in [1.165, 1.54) is 11.3 Å². The molecule has 0 saturated carbocycles. The van der Waals surface area contributed by atoms with Crippen LogP contribution in [0.1, 0.15) is 14.7 Å². The molecule has 2 aromatic heterocycles. The number of ether oxygens (including phenoxy) is 1. The van der Waals surface area contributed by atoms with Crippen LogP contribution >= 0.6 is 11.3 Å². The SMILES string of the molecule is CN(C)C(=O)N1CCN(C(=O)c2nc3c(s2)CCOc2cc(-c4cn[nH]c4)ccc2-3)CC1. The maximum absolute atomic E-state index is 13.2. The molecule has 10 heteroatoms. The van der Waals surface area contributed by atoms with E-state index in [9.17, 15) is 9.59 Å². The van der Waals surface area contributed by atoms with E-state index in [-0.39, 0.29) is 11.9 Å². The number of fused-ring (bicyclic) bond motifs is 3. The van der Waals surface area contributed by atoms with Gasteiger partial charge in [0.05, 0.1) is 18.5 Å². The molecule has 166 valence electrons. The Hall–Kier alpha value is -3.40. The van der Waals surface area contributed by atoms with E-state index in [0.717, 1.165) is 33.0 Å².